The zero-order valence-corrected chi connectivity index (χ0v) is 28.8. The first kappa shape index (κ1) is 71.8. The van der Waals surface area contributed by atoms with Crippen LogP contribution in [0.1, 0.15) is 0 Å². The molecule has 0 unspecified atom stereocenters. The molecule has 0 saturated carbocycles. The van der Waals surface area contributed by atoms with Crippen LogP contribution in [0.2, 0.25) is 0 Å². The monoisotopic (exact) mass is 534 g/mol. The van der Waals surface area contributed by atoms with Crippen molar-refractivity contribution >= 4 is 123 Å². The van der Waals surface area contributed by atoms with Crippen molar-refractivity contribution in [1.29, 1.82) is 0 Å². The predicted molar refractivity (Wildman–Crippen MR) is 62.6 cm³/mol. The van der Waals surface area contributed by atoms with Gasteiger partial charge in [0.15, 0.2) is 0 Å². The first-order valence-electron chi connectivity index (χ1n) is 0. The fourth-order valence-electron chi connectivity index (χ4n) is 0. The Morgan fingerprint density at radius 2 is 0.286 bits per heavy atom. The Hall–Kier alpha value is 3.80. The zero-order chi connectivity index (χ0) is 0. The van der Waals surface area contributed by atoms with Gasteiger partial charge in [0, 0.05) is 0 Å². The van der Waals surface area contributed by atoms with Crippen LogP contribution in [0.15, 0.2) is 0 Å². The van der Waals surface area contributed by atoms with Crippen molar-refractivity contribution in [1.82, 2.24) is 0 Å². The molecule has 12 radical (unpaired) electrons. The van der Waals surface area contributed by atoms with Crippen molar-refractivity contribution in [2.24, 2.45) is 0 Å². The summed E-state index contributed by atoms with van der Waals surface area (Å²) in [5.41, 5.74) is 0. The van der Waals surface area contributed by atoms with E-state index in [4.69, 9.17) is 0 Å². The minimum atomic E-state index is 0. The van der Waals surface area contributed by atoms with Crippen molar-refractivity contribution < 1.29 is 0 Å². The van der Waals surface area contributed by atoms with Crippen LogP contribution in [0.4, 0.5) is 0 Å². The molecule has 0 heterocycles. The van der Waals surface area contributed by atoms with Gasteiger partial charge < -0.3 is 0 Å². The summed E-state index contributed by atoms with van der Waals surface area (Å²) < 4.78 is 0. The Kier molecular flexibility index (Phi) is 539. The summed E-state index contributed by atoms with van der Waals surface area (Å²) in [7, 11) is 0. The van der Waals surface area contributed by atoms with Crippen LogP contribution >= 0.6 is 0 Å². The maximum atomic E-state index is 0. The van der Waals surface area contributed by atoms with Crippen LogP contribution in [0, 0.1) is 0 Å². The molecule has 0 spiro atoms. The van der Waals surface area contributed by atoms with Crippen molar-refractivity contribution in [3.63, 3.8) is 0 Å². The maximum absolute atomic E-state index is 0. The van der Waals surface area contributed by atoms with E-state index in [1.54, 1.807) is 0 Å². The second-order valence-electron chi connectivity index (χ2n) is 0. The van der Waals surface area contributed by atoms with Crippen LogP contribution in [0.3, 0.4) is 0 Å². The average molecular weight is 524 g/mol. The molecular formula is H16Ge7. The van der Waals surface area contributed by atoms with E-state index in [0.29, 0.717) is 0 Å². The molecule has 0 aromatic rings. The Morgan fingerprint density at radius 3 is 0.286 bits per heavy atom. The van der Waals surface area contributed by atoms with E-state index in [1.165, 1.54) is 0 Å². The summed E-state index contributed by atoms with van der Waals surface area (Å²) in [6.45, 7) is 0. The fourth-order valence-corrected chi connectivity index (χ4v) is 0. The Bertz CT molecular complexity index is 0. The quantitative estimate of drug-likeness (QED) is 0.277. The van der Waals surface area contributed by atoms with E-state index in [0.717, 1.165) is 0 Å². The molecule has 0 aromatic carbocycles. The first-order valence-corrected chi connectivity index (χ1v) is 0. The number of hydrogen-bond donors (Lipinski definition) is 0. The second-order valence-corrected chi connectivity index (χ2v) is 0. The van der Waals surface area contributed by atoms with Gasteiger partial charge in [0.1, 0.15) is 0 Å². The third kappa shape index (κ3) is 41.3. The molecule has 7 heavy (non-hydrogen) atoms. The Labute approximate surface area is 121 Å². The summed E-state index contributed by atoms with van der Waals surface area (Å²) in [6.07, 6.45) is 0. The molecule has 0 aliphatic heterocycles. The number of hydrogen-bond acceptors (Lipinski definition) is 0. The van der Waals surface area contributed by atoms with Crippen molar-refractivity contribution in [2.45, 2.75) is 0 Å². The van der Waals surface area contributed by atoms with Crippen molar-refractivity contribution in [2.75, 3.05) is 0 Å². The van der Waals surface area contributed by atoms with E-state index in [-0.39, 0.29) is 123 Å². The van der Waals surface area contributed by atoms with E-state index in [1.807, 2.05) is 0 Å². The van der Waals surface area contributed by atoms with Gasteiger partial charge in [0.2, 0.25) is 0 Å². The second kappa shape index (κ2) is 52.6. The minimum absolute atomic E-state index is 0. The van der Waals surface area contributed by atoms with Crippen LogP contribution in [0.5, 0.6) is 0 Å². The van der Waals surface area contributed by atoms with Gasteiger partial charge in [-0.15, -0.1) is 0 Å². The van der Waals surface area contributed by atoms with E-state index < -0.39 is 0 Å². The molecular weight excluding hydrogens is 508 g/mol. The molecule has 0 aromatic heterocycles. The molecule has 0 atom stereocenters. The number of rotatable bonds is 0. The zero-order valence-electron chi connectivity index (χ0n) is 5.54. The van der Waals surface area contributed by atoms with Gasteiger partial charge in [0.05, 0.1) is 0 Å². The molecule has 0 N–H and O–H groups in total. The van der Waals surface area contributed by atoms with E-state index in [9.17, 15) is 0 Å². The molecule has 0 fully saturated rings. The van der Waals surface area contributed by atoms with Gasteiger partial charge >= 0.3 is 123 Å². The average Bonchev–Trinajstić information content (AvgIpc) is 0. The first-order chi connectivity index (χ1) is 0. The van der Waals surface area contributed by atoms with Crippen molar-refractivity contribution in [3.8, 4) is 0 Å². The third-order valence-corrected chi connectivity index (χ3v) is 0. The van der Waals surface area contributed by atoms with Crippen LogP contribution < -0.4 is 0 Å². The van der Waals surface area contributed by atoms with Gasteiger partial charge in [-0.3, -0.25) is 0 Å². The molecule has 7 heteroatoms. The van der Waals surface area contributed by atoms with Crippen LogP contribution in [0.25, 0.3) is 0 Å². The van der Waals surface area contributed by atoms with Gasteiger partial charge in [0.25, 0.3) is 0 Å². The van der Waals surface area contributed by atoms with Crippen LogP contribution in [-0.2, 0) is 0 Å². The van der Waals surface area contributed by atoms with Crippen LogP contribution in [-0.4, -0.2) is 123 Å². The van der Waals surface area contributed by atoms with Gasteiger partial charge in [-0.1, -0.05) is 0 Å². The van der Waals surface area contributed by atoms with Gasteiger partial charge in [-0.25, -0.2) is 0 Å². The molecule has 0 bridgehead atoms. The van der Waals surface area contributed by atoms with Crippen molar-refractivity contribution in [3.05, 3.63) is 0 Å². The standard InChI is InChI=1S/2GeH3.5GeH2/h2*1H3;5*1H2. The topological polar surface area (TPSA) is 0 Å². The molecule has 0 aliphatic carbocycles. The summed E-state index contributed by atoms with van der Waals surface area (Å²) >= 11 is 0. The van der Waals surface area contributed by atoms with E-state index >= 15 is 0 Å². The fraction of sp³-hybridized carbons (Fsp3) is 0. The molecule has 0 amide bonds. The predicted octanol–water partition coefficient (Wildman–Crippen LogP) is -6.95. The molecule has 0 nitrogen and oxygen atoms in total. The molecule has 0 aliphatic rings. The Morgan fingerprint density at radius 1 is 0.286 bits per heavy atom. The molecule has 0 rings (SSSR count). The molecule has 44 valence electrons. The van der Waals surface area contributed by atoms with E-state index in [2.05, 4.69) is 0 Å². The Balaban J connectivity index is 0. The molecule has 0 saturated heterocycles. The SMILES string of the molecule is [GeH2].[GeH2].[GeH2].[GeH2].[GeH2].[GeH3].[GeH3]. The summed E-state index contributed by atoms with van der Waals surface area (Å²) in [5, 5.41) is 0. The third-order valence-electron chi connectivity index (χ3n) is 0. The summed E-state index contributed by atoms with van der Waals surface area (Å²) in [4.78, 5) is 0. The normalized spacial score (nSPS) is 0. The summed E-state index contributed by atoms with van der Waals surface area (Å²) in [5.74, 6) is 0. The summed E-state index contributed by atoms with van der Waals surface area (Å²) in [6, 6.07) is 0. The van der Waals surface area contributed by atoms with Gasteiger partial charge in [-0.2, -0.15) is 0 Å². The van der Waals surface area contributed by atoms with Gasteiger partial charge in [-0.05, 0) is 0 Å².